The summed E-state index contributed by atoms with van der Waals surface area (Å²) in [6.45, 7) is 2.26. The molecule has 4 aliphatic heterocycles. The molecule has 0 radical (unpaired) electrons. The van der Waals surface area contributed by atoms with Crippen molar-refractivity contribution in [1.29, 1.82) is 0 Å². The van der Waals surface area contributed by atoms with Gasteiger partial charge in [-0.05, 0) is 234 Å². The number of halogens is 18. The highest BCUT2D eigenvalue weighted by molar-refractivity contribution is 7.93. The van der Waals surface area contributed by atoms with Crippen molar-refractivity contribution in [3.63, 3.8) is 0 Å². The van der Waals surface area contributed by atoms with Crippen LogP contribution in [0, 0.1) is 93.9 Å². The molecule has 43 heteroatoms. The summed E-state index contributed by atoms with van der Waals surface area (Å²) in [6.07, 6.45) is -0.0980. The molecule has 19 nitrogen and oxygen atoms in total. The van der Waals surface area contributed by atoms with Crippen LogP contribution in [0.25, 0.3) is 0 Å². The van der Waals surface area contributed by atoms with Gasteiger partial charge in [-0.15, -0.1) is 0 Å². The van der Waals surface area contributed by atoms with Crippen LogP contribution in [-0.4, -0.2) is 113 Å². The molecule has 0 bridgehead atoms. The molecule has 4 fully saturated rings. The molecule has 0 amide bonds. The number of sulfonamides is 3. The molecule has 0 spiro atoms. The van der Waals surface area contributed by atoms with Crippen LogP contribution in [0.3, 0.4) is 0 Å². The molecule has 4 saturated carbocycles. The van der Waals surface area contributed by atoms with Crippen LogP contribution < -0.4 is 33.1 Å². The van der Waals surface area contributed by atoms with Gasteiger partial charge in [0.1, 0.15) is 37.5 Å². The van der Waals surface area contributed by atoms with Crippen LogP contribution in [0.2, 0.25) is 15.1 Å². The van der Waals surface area contributed by atoms with E-state index in [0.717, 1.165) is 61.2 Å². The van der Waals surface area contributed by atoms with Crippen LogP contribution in [0.5, 0.6) is 23.0 Å². The minimum Gasteiger partial charge on any atom is -0.490 e. The molecule has 4 aliphatic carbocycles. The second kappa shape index (κ2) is 37.8. The van der Waals surface area contributed by atoms with Crippen molar-refractivity contribution in [2.45, 2.75) is 162 Å². The fraction of sp³-hybridized carbons (Fsp3) is 0.455. The van der Waals surface area contributed by atoms with Gasteiger partial charge in [0.25, 0.3) is 20.0 Å². The quantitative estimate of drug-likeness (QED) is 0.0598. The highest BCUT2D eigenvalue weighted by atomic mass is 35.5. The molecule has 8 aliphatic rings. The zero-order valence-corrected chi connectivity index (χ0v) is 77.3. The second-order valence-electron chi connectivity index (χ2n) is 34.2. The molecule has 4 heterocycles. The first-order chi connectivity index (χ1) is 61.2. The monoisotopic (exact) mass is 2030 g/mol. The number of alkyl halides is 7. The van der Waals surface area contributed by atoms with Crippen LogP contribution in [-0.2, 0) is 91.8 Å². The number of sulfone groups is 3. The van der Waals surface area contributed by atoms with Gasteiger partial charge in [0, 0.05) is 83.2 Å². The predicted octanol–water partition coefficient (Wildman–Crippen LogP) is 19.6. The molecular weight excluding hydrogens is 1940 g/mol. The maximum atomic E-state index is 15.3. The number of ether oxygens (including phenoxy) is 4. The maximum Gasteiger partial charge on any atom is 0.416 e. The summed E-state index contributed by atoms with van der Waals surface area (Å²) in [7, 11) is -27.2. The van der Waals surface area contributed by atoms with Gasteiger partial charge in [-0.3, -0.25) is 0 Å². The Morgan fingerprint density at radius 2 is 0.679 bits per heavy atom. The normalized spacial score (nSPS) is 25.4. The lowest BCUT2D eigenvalue weighted by molar-refractivity contribution is -0.137. The topological polar surface area (TPSA) is 278 Å². The molecule has 8 aromatic carbocycles. The second-order valence-corrected chi connectivity index (χ2v) is 48.2. The van der Waals surface area contributed by atoms with Crippen LogP contribution >= 0.6 is 34.8 Å². The third kappa shape index (κ3) is 18.9. The van der Waals surface area contributed by atoms with Crippen LogP contribution in [0.4, 0.5) is 65.9 Å². The van der Waals surface area contributed by atoms with E-state index in [2.05, 4.69) is 11.6 Å². The lowest BCUT2D eigenvalue weighted by Crippen LogP contribution is -2.56. The van der Waals surface area contributed by atoms with Crippen LogP contribution in [0.15, 0.2) is 160 Å². The summed E-state index contributed by atoms with van der Waals surface area (Å²) in [4.78, 5) is -0.860. The lowest BCUT2D eigenvalue weighted by Gasteiger charge is -2.50. The highest BCUT2D eigenvalue weighted by Gasteiger charge is 2.65. The Labute approximate surface area is 763 Å². The van der Waals surface area contributed by atoms with E-state index in [0.29, 0.717) is 77.7 Å². The average molecular weight is 2030 g/mol. The van der Waals surface area contributed by atoms with Gasteiger partial charge in [0.2, 0.25) is 10.0 Å². The summed E-state index contributed by atoms with van der Waals surface area (Å²) in [5.74, 6) is -13.0. The number of hydrogen-bond acceptors (Lipinski definition) is 16. The minimum absolute atomic E-state index is 0.0195. The molecule has 8 aromatic rings. The average Bonchev–Trinajstić information content (AvgIpc) is 0.702. The standard InChI is InChI=1S/C23H22F7NO5S2.C22H22ClF4NO5S2.C22H24ClF2NO5S2.C21H21ClF2O/c1-21(26,27)38(34,35)31-11-13-3-2-10-22(16(13)12-36-20-18(25)9-8-17(24)19(20)22)37(32,33)15-6-4-14(5-7-15)23(28,29)30;1-21(26,27)35(31,32)28-11-13-3-2-10-22(34(29,30)15-6-4-14(23)5-7-15)16(13)12-33-20-18(25)9-8-17(24)19(20)22;1-2-32(27,28)26-12-14-4-3-11-22(33(29,30)16-7-5-15(23)6-8-16)17(14)13-31-21-19(25)10-9-18(24)20(21)22;1-13-8-9-21(11-14-2-4-16(22)5-3-14)15(10-13)12-25-20-18(24)7-6-17(23)19(20)21/h4-9,13,16,31H,2-3,10-12H2,1H3;4-9,13,16,28H,2-3,10-12H2,1H3;5-10,14,17,26H,2-4,11-13H2,1H3;2-7,13,15H,8-12H2,1H3/t2*13-,16-,22-;14-,17-,22-;13-,15-,21+/m0001/s1. The molecule has 0 aromatic heterocycles. The predicted molar refractivity (Wildman–Crippen MR) is 457 cm³/mol. The van der Waals surface area contributed by atoms with Gasteiger partial charge >= 0.3 is 16.7 Å². The fourth-order valence-electron chi connectivity index (χ4n) is 20.2. The van der Waals surface area contributed by atoms with Crippen molar-refractivity contribution in [2.24, 2.45) is 47.3 Å². The Kier molecular flexibility index (Phi) is 29.1. The molecule has 131 heavy (non-hydrogen) atoms. The van der Waals surface area contributed by atoms with Crippen molar-refractivity contribution < 1.29 is 135 Å². The van der Waals surface area contributed by atoms with Gasteiger partial charge in [-0.25, -0.2) is 99.8 Å². The molecular formula is C88H89Cl3F15N3O16S6. The van der Waals surface area contributed by atoms with Gasteiger partial charge in [-0.2, -0.15) is 30.7 Å². The van der Waals surface area contributed by atoms with Crippen LogP contribution in [0.1, 0.15) is 138 Å². The first-order valence-electron chi connectivity index (χ1n) is 41.5. The molecule has 3 N–H and O–H groups in total. The smallest absolute Gasteiger partial charge is 0.416 e. The number of rotatable bonds is 20. The van der Waals surface area contributed by atoms with E-state index in [4.69, 9.17) is 53.8 Å². The summed E-state index contributed by atoms with van der Waals surface area (Å²) < 4.78 is 392. The van der Waals surface area contributed by atoms with Crippen molar-refractivity contribution >= 4 is 94.4 Å². The van der Waals surface area contributed by atoms with Gasteiger partial charge in [0.05, 0.1) is 69.1 Å². The van der Waals surface area contributed by atoms with E-state index >= 15 is 13.2 Å². The van der Waals surface area contributed by atoms with E-state index in [1.54, 1.807) is 4.72 Å². The molecule has 0 unspecified atom stereocenters. The van der Waals surface area contributed by atoms with Gasteiger partial charge in [-0.1, -0.05) is 73.1 Å². The molecule has 12 atom stereocenters. The summed E-state index contributed by atoms with van der Waals surface area (Å²) in [6, 6.07) is 28.2. The lowest BCUT2D eigenvalue weighted by atomic mass is 9.57. The summed E-state index contributed by atoms with van der Waals surface area (Å²) in [5, 5.41) is -6.95. The molecule has 714 valence electrons. The molecule has 0 saturated heterocycles. The van der Waals surface area contributed by atoms with Gasteiger partial charge < -0.3 is 18.9 Å². The van der Waals surface area contributed by atoms with Crippen molar-refractivity contribution in [1.82, 2.24) is 14.2 Å². The van der Waals surface area contributed by atoms with E-state index in [-0.39, 0.29) is 122 Å². The number of hydrogen-bond donors (Lipinski definition) is 3. The SMILES string of the molecule is CC(F)(F)S(=O)(=O)NC[C@@H]1CCC[C@@]2(S(=O)(=O)c3ccc(C(F)(F)F)cc3)c3c(F)ccc(F)c3OC[C@@H]12.CC(F)(F)S(=O)(=O)NC[C@@H]1CCC[C@@]2(S(=O)(=O)c3ccc(Cl)cc3)c3c(F)ccc(F)c3OC[C@@H]12.CCS(=O)(=O)NC[C@@H]1CCC[C@@]2(S(=O)(=O)c3ccc(Cl)cc3)c3c(F)ccc(F)c3OC[C@@H]12.C[C@@H]1CC[C@@]2(Cc3ccc(Cl)cc3)c3c(F)ccc(F)c3OC[C@H]2C1. The Balaban J connectivity index is 0.000000150. The van der Waals surface area contributed by atoms with Crippen molar-refractivity contribution in [3.05, 3.63) is 241 Å². The summed E-state index contributed by atoms with van der Waals surface area (Å²) in [5.41, 5.74) is -1.48. The number of fused-ring (bicyclic) bond motifs is 12. The van der Waals surface area contributed by atoms with Gasteiger partial charge in [0.15, 0.2) is 75.8 Å². The Hall–Kier alpha value is -7.64. The number of benzene rings is 8. The third-order valence-corrected chi connectivity index (χ3v) is 39.4. The van der Waals surface area contributed by atoms with E-state index in [9.17, 15) is 103 Å². The largest absolute Gasteiger partial charge is 0.490 e. The Morgan fingerprint density at radius 3 is 1.01 bits per heavy atom. The zero-order valence-electron chi connectivity index (χ0n) is 70.1. The Bertz CT molecular complexity index is 6360. The van der Waals surface area contributed by atoms with E-state index < -0.39 is 231 Å². The first kappa shape index (κ1) is 101. The first-order valence-corrected chi connectivity index (χ1v) is 51.7. The summed E-state index contributed by atoms with van der Waals surface area (Å²) >= 11 is 17.9. The minimum atomic E-state index is -5.15. The van der Waals surface area contributed by atoms with Crippen molar-refractivity contribution in [3.8, 4) is 23.0 Å². The Morgan fingerprint density at radius 1 is 0.382 bits per heavy atom. The maximum absolute atomic E-state index is 15.3. The van der Waals surface area contributed by atoms with E-state index in [1.807, 2.05) is 29.0 Å². The van der Waals surface area contributed by atoms with Crippen molar-refractivity contribution in [2.75, 3.05) is 51.8 Å². The number of nitrogens with one attached hydrogen (secondary N) is 3. The fourth-order valence-corrected chi connectivity index (χ4v) is 30.0. The highest BCUT2D eigenvalue weighted by Crippen LogP contribution is 2.63. The van der Waals surface area contributed by atoms with E-state index in [1.165, 1.54) is 61.5 Å². The molecule has 16 rings (SSSR count). The zero-order chi connectivity index (χ0) is 95.7. The third-order valence-electron chi connectivity index (χ3n) is 26.6.